The molecule has 0 aromatic carbocycles. The van der Waals surface area contributed by atoms with E-state index >= 15 is 0 Å². The minimum Gasteiger partial charge on any atom is -0.274 e. The van der Waals surface area contributed by atoms with E-state index in [9.17, 15) is 4.79 Å². The van der Waals surface area contributed by atoms with Gasteiger partial charge in [-0.3, -0.25) is 4.79 Å². The van der Waals surface area contributed by atoms with Gasteiger partial charge >= 0.3 is 0 Å². The lowest BCUT2D eigenvalue weighted by molar-refractivity contribution is -0.118. The van der Waals surface area contributed by atoms with Crippen LogP contribution in [0, 0.1) is 6.92 Å². The van der Waals surface area contributed by atoms with E-state index in [4.69, 9.17) is 0 Å². The van der Waals surface area contributed by atoms with Crippen LogP contribution in [0.1, 0.15) is 17.4 Å². The molecule has 1 amide bonds. The predicted octanol–water partition coefficient (Wildman–Crippen LogP) is 1.53. The molecule has 0 unspecified atom stereocenters. The van der Waals surface area contributed by atoms with Gasteiger partial charge in [0.05, 0.1) is 6.21 Å². The molecule has 0 aliphatic carbocycles. The first-order valence-corrected chi connectivity index (χ1v) is 4.42. The lowest BCUT2D eigenvalue weighted by atomic mass is 10.3. The summed E-state index contributed by atoms with van der Waals surface area (Å²) in [5.41, 5.74) is 3.52. The standard InChI is InChI=1S/C8H10N2OS/c1-6-3-4-12-8(6)5-9-10-7(2)11/h3-5H,1-2H3,(H,10,11). The van der Waals surface area contributed by atoms with Gasteiger partial charge in [-0.15, -0.1) is 11.3 Å². The molecule has 0 atom stereocenters. The van der Waals surface area contributed by atoms with Gasteiger partial charge in [-0.1, -0.05) is 0 Å². The summed E-state index contributed by atoms with van der Waals surface area (Å²) >= 11 is 1.60. The topological polar surface area (TPSA) is 41.5 Å². The van der Waals surface area contributed by atoms with E-state index in [0.717, 1.165) is 4.88 Å². The van der Waals surface area contributed by atoms with E-state index < -0.39 is 0 Å². The van der Waals surface area contributed by atoms with Crippen LogP contribution in [0.3, 0.4) is 0 Å². The number of thiophene rings is 1. The number of carbonyl (C=O) groups excluding carboxylic acids is 1. The van der Waals surface area contributed by atoms with E-state index in [1.165, 1.54) is 12.5 Å². The first-order valence-electron chi connectivity index (χ1n) is 3.54. The molecule has 0 aliphatic heterocycles. The maximum atomic E-state index is 10.4. The SMILES string of the molecule is CC(=O)NN=Cc1sccc1C. The Bertz CT molecular complexity index is 304. The maximum Gasteiger partial charge on any atom is 0.236 e. The smallest absolute Gasteiger partial charge is 0.236 e. The molecule has 0 aliphatic rings. The van der Waals surface area contributed by atoms with E-state index in [1.54, 1.807) is 17.6 Å². The van der Waals surface area contributed by atoms with Crippen molar-refractivity contribution in [2.75, 3.05) is 0 Å². The molecule has 0 saturated heterocycles. The summed E-state index contributed by atoms with van der Waals surface area (Å²) in [7, 11) is 0. The quantitative estimate of drug-likeness (QED) is 0.547. The van der Waals surface area contributed by atoms with Crippen molar-refractivity contribution in [1.29, 1.82) is 0 Å². The van der Waals surface area contributed by atoms with E-state index in [-0.39, 0.29) is 5.91 Å². The Labute approximate surface area is 75.1 Å². The van der Waals surface area contributed by atoms with Gasteiger partial charge in [-0.2, -0.15) is 5.10 Å². The van der Waals surface area contributed by atoms with Crippen molar-refractivity contribution in [3.63, 3.8) is 0 Å². The van der Waals surface area contributed by atoms with Crippen LogP contribution in [-0.2, 0) is 4.79 Å². The summed E-state index contributed by atoms with van der Waals surface area (Å²) in [6, 6.07) is 2.01. The molecule has 1 aromatic heterocycles. The molecule has 0 fully saturated rings. The van der Waals surface area contributed by atoms with Crippen molar-refractivity contribution in [3.05, 3.63) is 21.9 Å². The second-order valence-electron chi connectivity index (χ2n) is 2.39. The molecule has 0 bridgehead atoms. The molecule has 1 heterocycles. The largest absolute Gasteiger partial charge is 0.274 e. The van der Waals surface area contributed by atoms with Gasteiger partial charge in [0.2, 0.25) is 5.91 Å². The Morgan fingerprint density at radius 1 is 1.75 bits per heavy atom. The maximum absolute atomic E-state index is 10.4. The van der Waals surface area contributed by atoms with Crippen molar-refractivity contribution < 1.29 is 4.79 Å². The molecule has 12 heavy (non-hydrogen) atoms. The molecule has 0 radical (unpaired) electrons. The van der Waals surface area contributed by atoms with Crippen LogP contribution in [0.2, 0.25) is 0 Å². The van der Waals surface area contributed by atoms with Gasteiger partial charge in [-0.25, -0.2) is 5.43 Å². The third-order valence-electron chi connectivity index (χ3n) is 1.31. The van der Waals surface area contributed by atoms with Gasteiger partial charge in [0.25, 0.3) is 0 Å². The van der Waals surface area contributed by atoms with Gasteiger partial charge in [0, 0.05) is 11.8 Å². The summed E-state index contributed by atoms with van der Waals surface area (Å²) in [4.78, 5) is 11.5. The van der Waals surface area contributed by atoms with Crippen LogP contribution in [0.25, 0.3) is 0 Å². The first kappa shape index (κ1) is 8.93. The molecule has 3 nitrogen and oxygen atoms in total. The summed E-state index contributed by atoms with van der Waals surface area (Å²) < 4.78 is 0. The highest BCUT2D eigenvalue weighted by atomic mass is 32.1. The Morgan fingerprint density at radius 2 is 2.50 bits per heavy atom. The second-order valence-corrected chi connectivity index (χ2v) is 3.34. The lowest BCUT2D eigenvalue weighted by Crippen LogP contribution is -2.12. The average Bonchev–Trinajstić information content (AvgIpc) is 2.36. The van der Waals surface area contributed by atoms with Crippen molar-refractivity contribution in [2.45, 2.75) is 13.8 Å². The molecular formula is C8H10N2OS. The van der Waals surface area contributed by atoms with Crippen molar-refractivity contribution >= 4 is 23.5 Å². The normalized spacial score (nSPS) is 10.5. The van der Waals surface area contributed by atoms with Gasteiger partial charge < -0.3 is 0 Å². The number of amides is 1. The summed E-state index contributed by atoms with van der Waals surface area (Å²) in [5, 5.41) is 5.75. The minimum atomic E-state index is -0.152. The molecule has 1 rings (SSSR count). The molecule has 0 saturated carbocycles. The zero-order valence-electron chi connectivity index (χ0n) is 7.00. The Morgan fingerprint density at radius 3 is 3.00 bits per heavy atom. The summed E-state index contributed by atoms with van der Waals surface area (Å²) in [6.07, 6.45) is 1.65. The molecular weight excluding hydrogens is 172 g/mol. The highest BCUT2D eigenvalue weighted by Crippen LogP contribution is 2.11. The lowest BCUT2D eigenvalue weighted by Gasteiger charge is -1.90. The van der Waals surface area contributed by atoms with Crippen LogP contribution < -0.4 is 5.43 Å². The number of hydrazone groups is 1. The van der Waals surface area contributed by atoms with Crippen LogP contribution in [0.5, 0.6) is 0 Å². The van der Waals surface area contributed by atoms with E-state index in [0.29, 0.717) is 0 Å². The zero-order chi connectivity index (χ0) is 8.97. The Balaban J connectivity index is 2.57. The molecule has 1 N–H and O–H groups in total. The zero-order valence-corrected chi connectivity index (χ0v) is 7.81. The van der Waals surface area contributed by atoms with Crippen molar-refractivity contribution in [3.8, 4) is 0 Å². The molecule has 1 aromatic rings. The first-order chi connectivity index (χ1) is 5.70. The monoisotopic (exact) mass is 182 g/mol. The fourth-order valence-corrected chi connectivity index (χ4v) is 1.48. The van der Waals surface area contributed by atoms with Crippen LogP contribution in [-0.4, -0.2) is 12.1 Å². The van der Waals surface area contributed by atoms with Crippen LogP contribution >= 0.6 is 11.3 Å². The number of aryl methyl sites for hydroxylation is 1. The number of hydrogen-bond donors (Lipinski definition) is 1. The van der Waals surface area contributed by atoms with Crippen LogP contribution in [0.15, 0.2) is 16.5 Å². The average molecular weight is 182 g/mol. The molecule has 4 heteroatoms. The van der Waals surface area contributed by atoms with Gasteiger partial charge in [0.15, 0.2) is 0 Å². The molecule has 64 valence electrons. The summed E-state index contributed by atoms with van der Waals surface area (Å²) in [6.45, 7) is 3.43. The van der Waals surface area contributed by atoms with Gasteiger partial charge in [-0.05, 0) is 23.9 Å². The second kappa shape index (κ2) is 4.01. The minimum absolute atomic E-state index is 0.152. The number of nitrogens with zero attached hydrogens (tertiary/aromatic N) is 1. The highest BCUT2D eigenvalue weighted by Gasteiger charge is 1.94. The molecule has 0 spiro atoms. The number of nitrogens with one attached hydrogen (secondary N) is 1. The van der Waals surface area contributed by atoms with E-state index in [1.807, 2.05) is 18.4 Å². The predicted molar refractivity (Wildman–Crippen MR) is 50.5 cm³/mol. The Kier molecular flexibility index (Phi) is 2.99. The highest BCUT2D eigenvalue weighted by molar-refractivity contribution is 7.11. The number of rotatable bonds is 2. The fraction of sp³-hybridized carbons (Fsp3) is 0.250. The number of hydrogen-bond acceptors (Lipinski definition) is 3. The third-order valence-corrected chi connectivity index (χ3v) is 2.26. The Hall–Kier alpha value is -1.16. The van der Waals surface area contributed by atoms with Gasteiger partial charge in [0.1, 0.15) is 0 Å². The van der Waals surface area contributed by atoms with Crippen molar-refractivity contribution in [2.24, 2.45) is 5.10 Å². The third kappa shape index (κ3) is 2.47. The van der Waals surface area contributed by atoms with Crippen molar-refractivity contribution in [1.82, 2.24) is 5.43 Å². The number of carbonyl (C=O) groups is 1. The van der Waals surface area contributed by atoms with E-state index in [2.05, 4.69) is 10.5 Å². The summed E-state index contributed by atoms with van der Waals surface area (Å²) in [5.74, 6) is -0.152. The fourth-order valence-electron chi connectivity index (χ4n) is 0.699. The van der Waals surface area contributed by atoms with Crippen LogP contribution in [0.4, 0.5) is 0 Å².